The van der Waals surface area contributed by atoms with Crippen molar-refractivity contribution in [1.82, 2.24) is 9.97 Å². The maximum Gasteiger partial charge on any atom is 0.323 e. The smallest absolute Gasteiger partial charge is 0.323 e. The quantitative estimate of drug-likeness (QED) is 0.489. The van der Waals surface area contributed by atoms with Crippen LogP contribution >= 0.6 is 0 Å². The molecule has 2 fully saturated rings. The summed E-state index contributed by atoms with van der Waals surface area (Å²) in [5, 5.41) is 5.86. The highest BCUT2D eigenvalue weighted by Crippen LogP contribution is 2.48. The molecular weight excluding hydrogens is 386 g/mol. The number of carbonyl (C=O) groups is 1. The zero-order chi connectivity index (χ0) is 20.8. The van der Waals surface area contributed by atoms with E-state index >= 15 is 0 Å². The van der Waals surface area contributed by atoms with E-state index in [-0.39, 0.29) is 0 Å². The van der Waals surface area contributed by atoms with Crippen molar-refractivity contribution in [1.29, 1.82) is 0 Å². The third kappa shape index (κ3) is 3.53. The predicted molar refractivity (Wildman–Crippen MR) is 113 cm³/mol. The first-order chi connectivity index (χ1) is 14.5. The van der Waals surface area contributed by atoms with Gasteiger partial charge in [0.15, 0.2) is 11.6 Å². The maximum absolute atomic E-state index is 13.6. The van der Waals surface area contributed by atoms with Gasteiger partial charge < -0.3 is 15.6 Å². The van der Waals surface area contributed by atoms with Gasteiger partial charge in [-0.05, 0) is 55.7 Å². The fourth-order valence-corrected chi connectivity index (χ4v) is 5.32. The lowest BCUT2D eigenvalue weighted by Gasteiger charge is -2.28. The van der Waals surface area contributed by atoms with Crippen LogP contribution in [0, 0.1) is 30.4 Å². The van der Waals surface area contributed by atoms with Gasteiger partial charge in [-0.1, -0.05) is 12.8 Å². The minimum absolute atomic E-state index is 0.375. The molecule has 30 heavy (non-hydrogen) atoms. The topological polar surface area (TPSA) is 69.8 Å². The Kier molecular flexibility index (Phi) is 4.68. The third-order valence-corrected chi connectivity index (χ3v) is 6.62. The lowest BCUT2D eigenvalue weighted by Crippen LogP contribution is -2.20. The number of carbonyl (C=O) groups excluding carboxylic acids is 1. The molecule has 5 rings (SSSR count). The number of halogens is 2. The zero-order valence-electron chi connectivity index (χ0n) is 16.8. The highest BCUT2D eigenvalue weighted by Gasteiger charge is 2.35. The van der Waals surface area contributed by atoms with Crippen LogP contribution in [0.15, 0.2) is 30.6 Å². The Labute approximate surface area is 173 Å². The largest absolute Gasteiger partial charge is 0.359 e. The standard InChI is InChI=1S/C23H24F2N4O/c1-12-4-16(10-27-22(12)15-6-13-2-3-14(5-13)7-15)28-23(30)29-21-11-26-20-9-19(25)18(24)8-17(20)21/h4,8-11,13-15,26H,2-3,5-7H2,1H3,(H2,28,29,30). The van der Waals surface area contributed by atoms with Crippen LogP contribution in [-0.4, -0.2) is 16.0 Å². The lowest BCUT2D eigenvalue weighted by atomic mass is 9.78. The Morgan fingerprint density at radius 2 is 1.80 bits per heavy atom. The monoisotopic (exact) mass is 410 g/mol. The molecule has 0 radical (unpaired) electrons. The number of aryl methyl sites for hydroxylation is 1. The molecule has 1 aromatic carbocycles. The number of aromatic nitrogens is 2. The number of urea groups is 1. The number of nitrogens with zero attached hydrogens (tertiary/aromatic N) is 1. The summed E-state index contributed by atoms with van der Waals surface area (Å²) in [6.07, 6.45) is 9.72. The molecule has 2 atom stereocenters. The SMILES string of the molecule is Cc1cc(NC(=O)Nc2c[nH]c3cc(F)c(F)cc23)cnc1C1CC2CCC(C2)C1. The van der Waals surface area contributed by atoms with E-state index < -0.39 is 17.7 Å². The van der Waals surface area contributed by atoms with Crippen LogP contribution in [0.2, 0.25) is 0 Å². The van der Waals surface area contributed by atoms with Crippen LogP contribution in [0.25, 0.3) is 10.9 Å². The van der Waals surface area contributed by atoms with Crippen LogP contribution in [0.1, 0.15) is 49.3 Å². The molecule has 5 nitrogen and oxygen atoms in total. The Morgan fingerprint density at radius 1 is 1.07 bits per heavy atom. The van der Waals surface area contributed by atoms with Crippen LogP contribution in [0.5, 0.6) is 0 Å². The number of hydrogen-bond acceptors (Lipinski definition) is 2. The van der Waals surface area contributed by atoms with Crippen molar-refractivity contribution in [3.05, 3.63) is 53.5 Å². The van der Waals surface area contributed by atoms with Gasteiger partial charge in [0.05, 0.1) is 23.1 Å². The average molecular weight is 410 g/mol. The Morgan fingerprint density at radius 3 is 2.53 bits per heavy atom. The molecule has 0 spiro atoms. The molecule has 0 saturated heterocycles. The minimum Gasteiger partial charge on any atom is -0.359 e. The molecular formula is C23H24F2N4O. The van der Waals surface area contributed by atoms with E-state index in [2.05, 4.69) is 20.6 Å². The van der Waals surface area contributed by atoms with E-state index in [1.807, 2.05) is 13.0 Å². The number of fused-ring (bicyclic) bond motifs is 3. The van der Waals surface area contributed by atoms with Gasteiger partial charge in [-0.25, -0.2) is 13.6 Å². The van der Waals surface area contributed by atoms with Crippen LogP contribution in [0.3, 0.4) is 0 Å². The molecule has 3 N–H and O–H groups in total. The highest BCUT2D eigenvalue weighted by molar-refractivity contribution is 6.05. The van der Waals surface area contributed by atoms with Crippen molar-refractivity contribution in [3.63, 3.8) is 0 Å². The summed E-state index contributed by atoms with van der Waals surface area (Å²) in [5.74, 6) is 0.298. The summed E-state index contributed by atoms with van der Waals surface area (Å²) in [4.78, 5) is 19.9. The molecule has 2 amide bonds. The normalized spacial score (nSPS) is 23.0. The summed E-state index contributed by atoms with van der Waals surface area (Å²) in [5.41, 5.74) is 3.62. The lowest BCUT2D eigenvalue weighted by molar-refractivity contribution is 0.262. The number of H-pyrrole nitrogens is 1. The molecule has 2 bridgehead atoms. The zero-order valence-corrected chi connectivity index (χ0v) is 16.8. The molecule has 0 aliphatic heterocycles. The molecule has 156 valence electrons. The first-order valence-corrected chi connectivity index (χ1v) is 10.5. The van der Waals surface area contributed by atoms with E-state index in [1.54, 1.807) is 6.20 Å². The fourth-order valence-electron chi connectivity index (χ4n) is 5.32. The minimum atomic E-state index is -0.961. The van der Waals surface area contributed by atoms with Gasteiger partial charge in [0.25, 0.3) is 0 Å². The summed E-state index contributed by atoms with van der Waals surface area (Å²) < 4.78 is 26.9. The van der Waals surface area contributed by atoms with Crippen LogP contribution in [-0.2, 0) is 0 Å². The summed E-state index contributed by atoms with van der Waals surface area (Å²) in [6, 6.07) is 3.61. The van der Waals surface area contributed by atoms with E-state index in [9.17, 15) is 13.6 Å². The van der Waals surface area contributed by atoms with Crippen molar-refractivity contribution < 1.29 is 13.6 Å². The van der Waals surface area contributed by atoms with Crippen LogP contribution < -0.4 is 10.6 Å². The second kappa shape index (κ2) is 7.38. The molecule has 3 aromatic rings. The van der Waals surface area contributed by atoms with Gasteiger partial charge in [0, 0.05) is 29.3 Å². The van der Waals surface area contributed by atoms with E-state index in [0.29, 0.717) is 28.2 Å². The van der Waals surface area contributed by atoms with Gasteiger partial charge in [0.1, 0.15) is 0 Å². The molecule has 2 aliphatic carbocycles. The van der Waals surface area contributed by atoms with Gasteiger partial charge in [-0.2, -0.15) is 0 Å². The summed E-state index contributed by atoms with van der Waals surface area (Å²) in [7, 11) is 0. The van der Waals surface area contributed by atoms with Crippen molar-refractivity contribution >= 4 is 28.3 Å². The Hall–Kier alpha value is -2.96. The van der Waals surface area contributed by atoms with Crippen LogP contribution in [0.4, 0.5) is 25.0 Å². The van der Waals surface area contributed by atoms with E-state index in [1.165, 1.54) is 38.3 Å². The Balaban J connectivity index is 1.28. The number of hydrogen-bond donors (Lipinski definition) is 3. The molecule has 2 aliphatic rings. The molecule has 2 saturated carbocycles. The van der Waals surface area contributed by atoms with E-state index in [0.717, 1.165) is 35.2 Å². The number of amides is 2. The van der Waals surface area contributed by atoms with E-state index in [4.69, 9.17) is 0 Å². The van der Waals surface area contributed by atoms with Gasteiger partial charge >= 0.3 is 6.03 Å². The number of benzene rings is 1. The third-order valence-electron chi connectivity index (χ3n) is 6.62. The molecule has 2 unspecified atom stereocenters. The molecule has 2 heterocycles. The van der Waals surface area contributed by atoms with Crippen molar-refractivity contribution in [2.24, 2.45) is 11.8 Å². The number of pyridine rings is 1. The number of anilines is 2. The van der Waals surface area contributed by atoms with Gasteiger partial charge in [-0.3, -0.25) is 4.98 Å². The first kappa shape index (κ1) is 19.0. The number of nitrogens with one attached hydrogen (secondary N) is 3. The summed E-state index contributed by atoms with van der Waals surface area (Å²) in [6.45, 7) is 2.04. The average Bonchev–Trinajstić information content (AvgIpc) is 3.24. The predicted octanol–water partition coefficient (Wildman–Crippen LogP) is 6.09. The van der Waals surface area contributed by atoms with Crippen molar-refractivity contribution in [2.75, 3.05) is 10.6 Å². The number of rotatable bonds is 3. The summed E-state index contributed by atoms with van der Waals surface area (Å²) >= 11 is 0. The second-order valence-corrected chi connectivity index (χ2v) is 8.73. The fraction of sp³-hybridized carbons (Fsp3) is 0.391. The highest BCUT2D eigenvalue weighted by atomic mass is 19.2. The van der Waals surface area contributed by atoms with Gasteiger partial charge in [-0.15, -0.1) is 0 Å². The molecule has 2 aromatic heterocycles. The maximum atomic E-state index is 13.6. The molecule has 7 heteroatoms. The Bertz CT molecular complexity index is 1110. The number of aromatic amines is 1. The van der Waals surface area contributed by atoms with Crippen molar-refractivity contribution in [3.8, 4) is 0 Å². The second-order valence-electron chi connectivity index (χ2n) is 8.73. The first-order valence-electron chi connectivity index (χ1n) is 10.5. The van der Waals surface area contributed by atoms with Crippen molar-refractivity contribution in [2.45, 2.75) is 44.9 Å². The van der Waals surface area contributed by atoms with Gasteiger partial charge in [0.2, 0.25) is 0 Å².